The average molecular weight is 561 g/mol. The van der Waals surface area contributed by atoms with E-state index in [1.807, 2.05) is 0 Å². The molecule has 8 heteroatoms. The van der Waals surface area contributed by atoms with Crippen LogP contribution >= 0.6 is 0 Å². The van der Waals surface area contributed by atoms with E-state index in [0.717, 1.165) is 38.5 Å². The minimum absolute atomic E-state index is 0.0101. The molecule has 4 aliphatic carbocycles. The summed E-state index contributed by atoms with van der Waals surface area (Å²) in [5.74, 6) is -1.38. The van der Waals surface area contributed by atoms with Gasteiger partial charge in [0, 0.05) is 30.6 Å². The summed E-state index contributed by atoms with van der Waals surface area (Å²) in [7, 11) is 0. The van der Waals surface area contributed by atoms with E-state index in [4.69, 9.17) is 19.3 Å². The minimum Gasteiger partial charge on any atom is -0.481 e. The normalized spacial score (nSPS) is 47.3. The molecular weight excluding hydrogens is 512 g/mol. The number of carbonyl (C=O) groups excluding carboxylic acids is 3. The summed E-state index contributed by atoms with van der Waals surface area (Å²) in [6.07, 6.45) is 6.32. The Labute approximate surface area is 238 Å². The molecule has 0 amide bonds. The van der Waals surface area contributed by atoms with E-state index in [1.54, 1.807) is 0 Å². The second kappa shape index (κ2) is 9.45. The van der Waals surface area contributed by atoms with Crippen molar-refractivity contribution in [3.63, 3.8) is 0 Å². The zero-order valence-corrected chi connectivity index (χ0v) is 25.3. The lowest BCUT2D eigenvalue weighted by molar-refractivity contribution is -0.252. The number of rotatable bonds is 5. The summed E-state index contributed by atoms with van der Waals surface area (Å²) in [5, 5.41) is 9.07. The standard InChI is InChI=1S/C32H48O8/c1-18(33)38-20-16-22-29(4)12-10-23(39-26(37)17-24(34)35)28(2,3)21(29)9-14-30(22,5)31(6)13-8-19(27(20)31)32(7)15-11-25(36)40-32/h19-23,27H,8-17H2,1-7H3,(H,34,35)/t19-,20+,21-,22+,23+,27-,29-,30+,31+,32+/m0/s1. The van der Waals surface area contributed by atoms with Gasteiger partial charge in [-0.2, -0.15) is 0 Å². The number of ether oxygens (including phenoxy) is 3. The van der Waals surface area contributed by atoms with Gasteiger partial charge in [0.1, 0.15) is 24.2 Å². The fourth-order valence-corrected chi connectivity index (χ4v) is 11.2. The number of fused-ring (bicyclic) bond motifs is 5. The third-order valence-corrected chi connectivity index (χ3v) is 13.1. The molecule has 1 N–H and O–H groups in total. The fraction of sp³-hybridized carbons (Fsp3) is 0.875. The summed E-state index contributed by atoms with van der Waals surface area (Å²) >= 11 is 0. The van der Waals surface area contributed by atoms with Crippen LogP contribution in [0.3, 0.4) is 0 Å². The van der Waals surface area contributed by atoms with Gasteiger partial charge in [-0.25, -0.2) is 0 Å². The third kappa shape index (κ3) is 4.21. The van der Waals surface area contributed by atoms with Crippen molar-refractivity contribution in [2.24, 2.45) is 45.3 Å². The van der Waals surface area contributed by atoms with Gasteiger partial charge in [-0.05, 0) is 86.4 Å². The summed E-state index contributed by atoms with van der Waals surface area (Å²) in [6, 6.07) is 0. The maximum atomic E-state index is 12.5. The van der Waals surface area contributed by atoms with Crippen molar-refractivity contribution in [1.29, 1.82) is 0 Å². The van der Waals surface area contributed by atoms with Crippen molar-refractivity contribution in [2.75, 3.05) is 0 Å². The van der Waals surface area contributed by atoms with Crippen molar-refractivity contribution in [2.45, 2.75) is 130 Å². The van der Waals surface area contributed by atoms with Gasteiger partial charge in [-0.1, -0.05) is 34.6 Å². The predicted molar refractivity (Wildman–Crippen MR) is 146 cm³/mol. The zero-order valence-electron chi connectivity index (χ0n) is 25.3. The van der Waals surface area contributed by atoms with Gasteiger partial charge in [0.15, 0.2) is 0 Å². The van der Waals surface area contributed by atoms with Gasteiger partial charge in [-0.15, -0.1) is 0 Å². The highest BCUT2D eigenvalue weighted by molar-refractivity contribution is 5.90. The van der Waals surface area contributed by atoms with E-state index in [9.17, 15) is 19.2 Å². The molecule has 5 fully saturated rings. The number of aliphatic carboxylic acids is 1. The molecule has 5 rings (SSSR count). The Morgan fingerprint density at radius 1 is 0.900 bits per heavy atom. The molecule has 5 aliphatic rings. The third-order valence-electron chi connectivity index (χ3n) is 13.1. The Balaban J connectivity index is 1.49. The van der Waals surface area contributed by atoms with E-state index in [1.165, 1.54) is 6.92 Å². The molecule has 0 aromatic rings. The number of carboxylic acids is 1. The first-order valence-corrected chi connectivity index (χ1v) is 15.3. The topological polar surface area (TPSA) is 116 Å². The van der Waals surface area contributed by atoms with E-state index < -0.39 is 24.0 Å². The van der Waals surface area contributed by atoms with Crippen LogP contribution in [0.5, 0.6) is 0 Å². The molecule has 40 heavy (non-hydrogen) atoms. The summed E-state index contributed by atoms with van der Waals surface area (Å²) in [4.78, 5) is 48.2. The van der Waals surface area contributed by atoms with Crippen LogP contribution in [0, 0.1) is 45.3 Å². The van der Waals surface area contributed by atoms with Crippen molar-refractivity contribution in [3.8, 4) is 0 Å². The van der Waals surface area contributed by atoms with E-state index in [2.05, 4.69) is 41.5 Å². The van der Waals surface area contributed by atoms with Crippen molar-refractivity contribution in [3.05, 3.63) is 0 Å². The highest BCUT2D eigenvalue weighted by Gasteiger charge is 2.72. The molecule has 0 bridgehead atoms. The number of carboxylic acid groups (broad SMARTS) is 1. The molecule has 0 spiro atoms. The van der Waals surface area contributed by atoms with Crippen LogP contribution in [0.25, 0.3) is 0 Å². The monoisotopic (exact) mass is 560 g/mol. The van der Waals surface area contributed by atoms with Crippen LogP contribution in [-0.2, 0) is 33.4 Å². The SMILES string of the molecule is CC(=O)O[C@@H]1C[C@@H]2[C@@]3(C)CC[C@@H](OC(=O)CC(=O)O)C(C)(C)[C@@H]3CC[C@@]2(C)[C@]2(C)CC[C@H]([C@@]3(C)CCC(=O)O3)[C@@H]12. The molecule has 0 unspecified atom stereocenters. The van der Waals surface area contributed by atoms with E-state index >= 15 is 0 Å². The largest absolute Gasteiger partial charge is 0.481 e. The van der Waals surface area contributed by atoms with Gasteiger partial charge >= 0.3 is 23.9 Å². The lowest BCUT2D eigenvalue weighted by Crippen LogP contribution is -2.67. The molecule has 4 saturated carbocycles. The summed E-state index contributed by atoms with van der Waals surface area (Å²) < 4.78 is 18.0. The zero-order chi connectivity index (χ0) is 29.5. The highest BCUT2D eigenvalue weighted by atomic mass is 16.6. The Bertz CT molecular complexity index is 1100. The highest BCUT2D eigenvalue weighted by Crippen LogP contribution is 2.76. The number of hydrogen-bond acceptors (Lipinski definition) is 7. The minimum atomic E-state index is -1.17. The van der Waals surface area contributed by atoms with Gasteiger partial charge in [0.05, 0.1) is 0 Å². The van der Waals surface area contributed by atoms with Gasteiger partial charge in [0.25, 0.3) is 0 Å². The average Bonchev–Trinajstić information content (AvgIpc) is 3.37. The Morgan fingerprint density at radius 2 is 1.57 bits per heavy atom. The van der Waals surface area contributed by atoms with Crippen molar-refractivity contribution >= 4 is 23.9 Å². The number of carbonyl (C=O) groups is 4. The van der Waals surface area contributed by atoms with Crippen LogP contribution in [-0.4, -0.2) is 46.8 Å². The van der Waals surface area contributed by atoms with Crippen LogP contribution in [0.1, 0.15) is 113 Å². The van der Waals surface area contributed by atoms with Crippen LogP contribution in [0.2, 0.25) is 0 Å². The first-order chi connectivity index (χ1) is 18.5. The first-order valence-electron chi connectivity index (χ1n) is 15.3. The smallest absolute Gasteiger partial charge is 0.317 e. The summed E-state index contributed by atoms with van der Waals surface area (Å²) in [5.41, 5.74) is -0.971. The second-order valence-corrected chi connectivity index (χ2v) is 15.2. The molecule has 10 atom stereocenters. The second-order valence-electron chi connectivity index (χ2n) is 15.2. The van der Waals surface area contributed by atoms with Crippen molar-refractivity contribution in [1.82, 2.24) is 0 Å². The maximum Gasteiger partial charge on any atom is 0.317 e. The number of hydrogen-bond donors (Lipinski definition) is 1. The molecule has 1 aliphatic heterocycles. The molecule has 8 nitrogen and oxygen atoms in total. The quantitative estimate of drug-likeness (QED) is 0.259. The lowest BCUT2D eigenvalue weighted by atomic mass is 9.35. The van der Waals surface area contributed by atoms with Crippen LogP contribution in [0.4, 0.5) is 0 Å². The van der Waals surface area contributed by atoms with Gasteiger partial charge in [-0.3, -0.25) is 19.2 Å². The Hall–Kier alpha value is -2.12. The summed E-state index contributed by atoms with van der Waals surface area (Å²) in [6.45, 7) is 15.2. The molecule has 1 saturated heterocycles. The van der Waals surface area contributed by atoms with Crippen molar-refractivity contribution < 1.29 is 38.5 Å². The van der Waals surface area contributed by atoms with Crippen LogP contribution < -0.4 is 0 Å². The molecule has 0 aromatic heterocycles. The Kier molecular flexibility index (Phi) is 6.94. The lowest BCUT2D eigenvalue weighted by Gasteiger charge is -2.70. The van der Waals surface area contributed by atoms with E-state index in [0.29, 0.717) is 25.2 Å². The number of esters is 3. The van der Waals surface area contributed by atoms with Gasteiger partial charge in [0.2, 0.25) is 0 Å². The predicted octanol–water partition coefficient (Wildman–Crippen LogP) is 5.70. The maximum absolute atomic E-state index is 12.5. The molecular formula is C32H48O8. The molecule has 0 aromatic carbocycles. The number of cyclic esters (lactones) is 1. The van der Waals surface area contributed by atoms with Crippen LogP contribution in [0.15, 0.2) is 0 Å². The first kappa shape index (κ1) is 29.4. The molecule has 1 heterocycles. The Morgan fingerprint density at radius 3 is 2.17 bits per heavy atom. The fourth-order valence-electron chi connectivity index (χ4n) is 11.2. The molecule has 224 valence electrons. The molecule has 0 radical (unpaired) electrons. The van der Waals surface area contributed by atoms with Gasteiger partial charge < -0.3 is 19.3 Å². The van der Waals surface area contributed by atoms with E-state index in [-0.39, 0.29) is 63.6 Å².